The molecule has 106 valence electrons. The molecule has 0 fully saturated rings. The van der Waals surface area contributed by atoms with Crippen molar-refractivity contribution in [3.8, 4) is 0 Å². The van der Waals surface area contributed by atoms with E-state index < -0.39 is 6.03 Å². The fourth-order valence-corrected chi connectivity index (χ4v) is 1.79. The molecule has 0 rings (SSSR count). The van der Waals surface area contributed by atoms with Gasteiger partial charge in [0.1, 0.15) is 0 Å². The highest BCUT2D eigenvalue weighted by atomic mass is 16.2. The van der Waals surface area contributed by atoms with Crippen molar-refractivity contribution in [1.82, 2.24) is 5.32 Å². The summed E-state index contributed by atoms with van der Waals surface area (Å²) in [6, 6.07) is -0.449. The van der Waals surface area contributed by atoms with Crippen LogP contribution in [0.1, 0.15) is 64.7 Å². The Balaban J connectivity index is 3.16. The van der Waals surface area contributed by atoms with Gasteiger partial charge in [-0.25, -0.2) is 4.79 Å². The summed E-state index contributed by atoms with van der Waals surface area (Å²) in [5, 5.41) is 2.65. The van der Waals surface area contributed by atoms with Crippen LogP contribution in [-0.2, 0) is 0 Å². The Bertz CT molecular complexity index is 237. The molecule has 5 N–H and O–H groups in total. The van der Waals surface area contributed by atoms with E-state index in [9.17, 15) is 4.79 Å². The molecule has 0 aliphatic carbocycles. The van der Waals surface area contributed by atoms with E-state index in [1.54, 1.807) is 0 Å². The maximum absolute atomic E-state index is 11.0. The largest absolute Gasteiger partial charge is 0.370 e. The average molecular weight is 256 g/mol. The van der Waals surface area contributed by atoms with Crippen molar-refractivity contribution in [3.05, 3.63) is 0 Å². The number of unbranched alkanes of at least 4 members (excludes halogenated alkanes) is 8. The Morgan fingerprint density at radius 1 is 0.944 bits per heavy atom. The molecule has 2 amide bonds. The van der Waals surface area contributed by atoms with Gasteiger partial charge in [0.05, 0.1) is 0 Å². The molecule has 0 heterocycles. The van der Waals surface area contributed by atoms with Crippen molar-refractivity contribution in [2.75, 3.05) is 6.54 Å². The lowest BCUT2D eigenvalue weighted by atomic mass is 10.1. The van der Waals surface area contributed by atoms with E-state index in [4.69, 9.17) is 11.5 Å². The lowest BCUT2D eigenvalue weighted by Crippen LogP contribution is -2.29. The molecule has 0 atom stereocenters. The molecule has 0 saturated carbocycles. The first-order valence-electron chi connectivity index (χ1n) is 7.04. The molecule has 0 aliphatic heterocycles. The van der Waals surface area contributed by atoms with Gasteiger partial charge in [0.25, 0.3) is 0 Å². The van der Waals surface area contributed by atoms with Gasteiger partial charge in [-0.3, -0.25) is 0 Å². The number of rotatable bonds is 10. The highest BCUT2D eigenvalue weighted by Crippen LogP contribution is 2.09. The van der Waals surface area contributed by atoms with Crippen LogP contribution in [-0.4, -0.2) is 18.5 Å². The first-order chi connectivity index (χ1) is 8.66. The Hall–Kier alpha value is -1.26. The van der Waals surface area contributed by atoms with E-state index in [0.29, 0.717) is 6.54 Å². The zero-order valence-electron chi connectivity index (χ0n) is 11.6. The van der Waals surface area contributed by atoms with Gasteiger partial charge in [-0.05, 0) is 6.42 Å². The number of carbonyl (C=O) groups excluding carboxylic acids is 1. The first-order valence-corrected chi connectivity index (χ1v) is 7.04. The number of carbonyl (C=O) groups is 1. The molecule has 0 bridgehead atoms. The molecular formula is C13H28N4O. The number of urea groups is 1. The fraction of sp³-hybridized carbons (Fsp3) is 0.846. The van der Waals surface area contributed by atoms with Crippen LogP contribution in [0, 0.1) is 0 Å². The van der Waals surface area contributed by atoms with Crippen LogP contribution in [0.3, 0.4) is 0 Å². The van der Waals surface area contributed by atoms with Crippen LogP contribution in [0.25, 0.3) is 0 Å². The third kappa shape index (κ3) is 12.8. The third-order valence-electron chi connectivity index (χ3n) is 2.79. The fourth-order valence-electron chi connectivity index (χ4n) is 1.79. The standard InChI is InChI=1S/C13H28N4O/c1-2-3-4-5-6-7-8-9-10-11-16-13(18)17-12(14)15/h2-11H2,1H3,(H5,14,15,16,17,18). The van der Waals surface area contributed by atoms with Gasteiger partial charge in [0.15, 0.2) is 5.96 Å². The molecular weight excluding hydrogens is 228 g/mol. The Morgan fingerprint density at radius 2 is 1.44 bits per heavy atom. The maximum atomic E-state index is 11.0. The number of nitrogens with zero attached hydrogens (tertiary/aromatic N) is 1. The number of hydrogen-bond acceptors (Lipinski definition) is 1. The summed E-state index contributed by atoms with van der Waals surface area (Å²) in [5.41, 5.74) is 10.2. The Labute approximate surface area is 110 Å². The number of nitrogens with two attached hydrogens (primary N) is 2. The monoisotopic (exact) mass is 256 g/mol. The van der Waals surface area contributed by atoms with E-state index in [1.807, 2.05) is 0 Å². The van der Waals surface area contributed by atoms with E-state index in [-0.39, 0.29) is 5.96 Å². The molecule has 0 saturated heterocycles. The maximum Gasteiger partial charge on any atom is 0.344 e. The third-order valence-corrected chi connectivity index (χ3v) is 2.79. The van der Waals surface area contributed by atoms with Gasteiger partial charge in [-0.1, -0.05) is 58.3 Å². The van der Waals surface area contributed by atoms with Gasteiger partial charge < -0.3 is 16.8 Å². The number of amides is 2. The van der Waals surface area contributed by atoms with Crippen molar-refractivity contribution in [2.24, 2.45) is 16.5 Å². The minimum atomic E-state index is -0.449. The van der Waals surface area contributed by atoms with Crippen LogP contribution in [0.4, 0.5) is 4.79 Å². The minimum Gasteiger partial charge on any atom is -0.370 e. The summed E-state index contributed by atoms with van der Waals surface area (Å²) in [6.07, 6.45) is 11.4. The molecule has 0 aromatic heterocycles. The van der Waals surface area contributed by atoms with Crippen LogP contribution >= 0.6 is 0 Å². The zero-order chi connectivity index (χ0) is 13.6. The number of hydrogen-bond donors (Lipinski definition) is 3. The summed E-state index contributed by atoms with van der Waals surface area (Å²) >= 11 is 0. The Morgan fingerprint density at radius 3 is 1.94 bits per heavy atom. The van der Waals surface area contributed by atoms with Crippen LogP contribution in [0.5, 0.6) is 0 Å². The van der Waals surface area contributed by atoms with E-state index >= 15 is 0 Å². The van der Waals surface area contributed by atoms with Crippen molar-refractivity contribution >= 4 is 12.0 Å². The number of guanidine groups is 1. The van der Waals surface area contributed by atoms with Gasteiger partial charge in [0.2, 0.25) is 0 Å². The molecule has 0 spiro atoms. The smallest absolute Gasteiger partial charge is 0.344 e. The SMILES string of the molecule is CCCCCCCCCCCNC(=O)N=C(N)N. The minimum absolute atomic E-state index is 0.195. The lowest BCUT2D eigenvalue weighted by Gasteiger charge is -2.03. The second kappa shape index (κ2) is 12.2. The zero-order valence-corrected chi connectivity index (χ0v) is 11.6. The van der Waals surface area contributed by atoms with Crippen molar-refractivity contribution in [3.63, 3.8) is 0 Å². The summed E-state index contributed by atoms with van der Waals surface area (Å²) in [5.74, 6) is -0.195. The molecule has 0 aliphatic rings. The van der Waals surface area contributed by atoms with E-state index in [1.165, 1.54) is 44.9 Å². The predicted molar refractivity (Wildman–Crippen MR) is 76.4 cm³/mol. The van der Waals surface area contributed by atoms with Gasteiger partial charge in [-0.15, -0.1) is 0 Å². The average Bonchev–Trinajstić information content (AvgIpc) is 2.30. The normalized spacial score (nSPS) is 10.1. The van der Waals surface area contributed by atoms with E-state index in [2.05, 4.69) is 17.2 Å². The van der Waals surface area contributed by atoms with Crippen molar-refractivity contribution in [2.45, 2.75) is 64.7 Å². The lowest BCUT2D eigenvalue weighted by molar-refractivity contribution is 0.249. The molecule has 0 radical (unpaired) electrons. The summed E-state index contributed by atoms with van der Waals surface area (Å²) < 4.78 is 0. The van der Waals surface area contributed by atoms with Crippen LogP contribution in [0.2, 0.25) is 0 Å². The second-order valence-corrected chi connectivity index (χ2v) is 4.60. The summed E-state index contributed by atoms with van der Waals surface area (Å²) in [6.45, 7) is 2.88. The predicted octanol–water partition coefficient (Wildman–Crippen LogP) is 2.50. The van der Waals surface area contributed by atoms with Gasteiger partial charge >= 0.3 is 6.03 Å². The molecule has 0 unspecified atom stereocenters. The van der Waals surface area contributed by atoms with Gasteiger partial charge in [0, 0.05) is 6.54 Å². The van der Waals surface area contributed by atoms with Crippen molar-refractivity contribution in [1.29, 1.82) is 0 Å². The van der Waals surface area contributed by atoms with Crippen LogP contribution in [0.15, 0.2) is 4.99 Å². The molecule has 5 heteroatoms. The molecule has 0 aromatic rings. The highest BCUT2D eigenvalue weighted by molar-refractivity contribution is 5.90. The molecule has 18 heavy (non-hydrogen) atoms. The Kier molecular flexibility index (Phi) is 11.3. The quantitative estimate of drug-likeness (QED) is 0.318. The van der Waals surface area contributed by atoms with Crippen LogP contribution < -0.4 is 16.8 Å². The van der Waals surface area contributed by atoms with Crippen molar-refractivity contribution < 1.29 is 4.79 Å². The summed E-state index contributed by atoms with van der Waals surface area (Å²) in [7, 11) is 0. The van der Waals surface area contributed by atoms with E-state index in [0.717, 1.165) is 12.8 Å². The topological polar surface area (TPSA) is 93.5 Å². The van der Waals surface area contributed by atoms with Gasteiger partial charge in [-0.2, -0.15) is 4.99 Å². The highest BCUT2D eigenvalue weighted by Gasteiger charge is 1.97. The molecule has 0 aromatic carbocycles. The molecule has 5 nitrogen and oxygen atoms in total. The number of nitrogens with one attached hydrogen (secondary N) is 1. The number of aliphatic imine (C=N–C) groups is 1. The summed E-state index contributed by atoms with van der Waals surface area (Å²) in [4.78, 5) is 14.4. The first kappa shape index (κ1) is 16.7. The second-order valence-electron chi connectivity index (χ2n) is 4.60.